The number of para-hydroxylation sites is 1. The second kappa shape index (κ2) is 4.97. The van der Waals surface area contributed by atoms with Crippen LogP contribution in [0, 0.1) is 10.1 Å². The van der Waals surface area contributed by atoms with Gasteiger partial charge in [-0.05, 0) is 17.7 Å². The van der Waals surface area contributed by atoms with Gasteiger partial charge in [-0.2, -0.15) is 0 Å². The van der Waals surface area contributed by atoms with Crippen LogP contribution in [0.5, 0.6) is 0 Å². The van der Waals surface area contributed by atoms with Gasteiger partial charge in [0.2, 0.25) is 5.24 Å². The Morgan fingerprint density at radius 3 is 2.71 bits per heavy atom. The van der Waals surface area contributed by atoms with E-state index >= 15 is 0 Å². The summed E-state index contributed by atoms with van der Waals surface area (Å²) in [6.07, 6.45) is 0. The Morgan fingerprint density at radius 2 is 2.14 bits per heavy atom. The molecule has 1 rings (SSSR count). The van der Waals surface area contributed by atoms with Crippen LogP contribution in [0.15, 0.2) is 29.2 Å². The lowest BCUT2D eigenvalue weighted by Crippen LogP contribution is -1.93. The van der Waals surface area contributed by atoms with Crippen LogP contribution in [0.4, 0.5) is 5.69 Å². The van der Waals surface area contributed by atoms with Gasteiger partial charge in [-0.3, -0.25) is 14.9 Å². The molecule has 0 atom stereocenters. The summed E-state index contributed by atoms with van der Waals surface area (Å²) in [7, 11) is 0. The summed E-state index contributed by atoms with van der Waals surface area (Å²) < 4.78 is 0. The molecule has 1 aromatic carbocycles. The highest BCUT2D eigenvalue weighted by Crippen LogP contribution is 2.28. The number of nitrogens with zero attached hydrogens (tertiary/aromatic N) is 1. The molecule has 0 unspecified atom stereocenters. The van der Waals surface area contributed by atoms with Crippen molar-refractivity contribution in [2.24, 2.45) is 0 Å². The molecule has 0 N–H and O–H groups in total. The average Bonchev–Trinajstić information content (AvgIpc) is 2.15. The Bertz CT molecular complexity index is 369. The van der Waals surface area contributed by atoms with Gasteiger partial charge in [0.25, 0.3) is 5.69 Å². The molecule has 0 spiro atoms. The van der Waals surface area contributed by atoms with Crippen molar-refractivity contribution in [1.29, 1.82) is 0 Å². The van der Waals surface area contributed by atoms with Gasteiger partial charge in [-0.1, -0.05) is 12.1 Å². The molecule has 0 saturated carbocycles. The predicted octanol–water partition coefficient (Wildman–Crippen LogP) is 2.45. The Morgan fingerprint density at radius 1 is 1.50 bits per heavy atom. The van der Waals surface area contributed by atoms with Crippen molar-refractivity contribution in [3.05, 3.63) is 34.4 Å². The molecule has 6 heteroatoms. The molecule has 14 heavy (non-hydrogen) atoms. The molecule has 0 radical (unpaired) electrons. The second-order valence-electron chi connectivity index (χ2n) is 2.37. The lowest BCUT2D eigenvalue weighted by molar-refractivity contribution is -0.387. The maximum Gasteiger partial charge on any atom is 0.282 e. The average molecular weight is 232 g/mol. The van der Waals surface area contributed by atoms with Crippen molar-refractivity contribution >= 4 is 34.3 Å². The lowest BCUT2D eigenvalue weighted by Gasteiger charge is -1.99. The fourth-order valence-electron chi connectivity index (χ4n) is 0.865. The maximum atomic E-state index is 10.5. The fraction of sp³-hybridized carbons (Fsp3) is 0.125. The SMILES string of the molecule is O=C(Cl)CSc1ccccc1[N+](=O)[O-]. The zero-order valence-electron chi connectivity index (χ0n) is 6.97. The summed E-state index contributed by atoms with van der Waals surface area (Å²) in [6.45, 7) is 0. The fourth-order valence-corrected chi connectivity index (χ4v) is 1.76. The van der Waals surface area contributed by atoms with E-state index in [2.05, 4.69) is 0 Å². The molecule has 0 heterocycles. The number of hydrogen-bond donors (Lipinski definition) is 0. The third-order valence-corrected chi connectivity index (χ3v) is 2.76. The monoisotopic (exact) mass is 231 g/mol. The predicted molar refractivity (Wildman–Crippen MR) is 54.7 cm³/mol. The first-order valence-corrected chi connectivity index (χ1v) is 5.02. The summed E-state index contributed by atoms with van der Waals surface area (Å²) in [6, 6.07) is 6.22. The normalized spacial score (nSPS) is 9.79. The molecular weight excluding hydrogens is 226 g/mol. The molecule has 1 aromatic rings. The van der Waals surface area contributed by atoms with Gasteiger partial charge in [0, 0.05) is 6.07 Å². The van der Waals surface area contributed by atoms with Crippen LogP contribution < -0.4 is 0 Å². The molecule has 74 valence electrons. The van der Waals surface area contributed by atoms with Crippen LogP contribution in [-0.2, 0) is 4.79 Å². The van der Waals surface area contributed by atoms with Crippen molar-refractivity contribution in [2.75, 3.05) is 5.75 Å². The zero-order valence-corrected chi connectivity index (χ0v) is 8.55. The summed E-state index contributed by atoms with van der Waals surface area (Å²) in [5, 5.41) is 10.0. The number of hydrogen-bond acceptors (Lipinski definition) is 4. The molecule has 0 amide bonds. The molecule has 4 nitrogen and oxygen atoms in total. The number of carbonyl (C=O) groups is 1. The number of rotatable bonds is 4. The van der Waals surface area contributed by atoms with Crippen LogP contribution >= 0.6 is 23.4 Å². The number of nitro groups is 1. The Labute approximate surface area is 89.4 Å². The summed E-state index contributed by atoms with van der Waals surface area (Å²) in [4.78, 5) is 21.0. The zero-order chi connectivity index (χ0) is 10.6. The molecule has 0 aliphatic rings. The molecule has 0 fully saturated rings. The van der Waals surface area contributed by atoms with E-state index in [1.165, 1.54) is 6.07 Å². The second-order valence-corrected chi connectivity index (χ2v) is 3.81. The Kier molecular flexibility index (Phi) is 3.91. The van der Waals surface area contributed by atoms with Crippen molar-refractivity contribution in [3.63, 3.8) is 0 Å². The van der Waals surface area contributed by atoms with E-state index in [4.69, 9.17) is 11.6 Å². The van der Waals surface area contributed by atoms with Crippen molar-refractivity contribution in [2.45, 2.75) is 4.90 Å². The van der Waals surface area contributed by atoms with E-state index in [0.717, 1.165) is 11.8 Å². The minimum absolute atomic E-state index is 0.00424. The van der Waals surface area contributed by atoms with Gasteiger partial charge in [0.15, 0.2) is 0 Å². The third-order valence-electron chi connectivity index (χ3n) is 1.40. The van der Waals surface area contributed by atoms with E-state index in [1.807, 2.05) is 0 Å². The van der Waals surface area contributed by atoms with Crippen molar-refractivity contribution in [1.82, 2.24) is 0 Å². The van der Waals surface area contributed by atoms with Gasteiger partial charge >= 0.3 is 0 Å². The van der Waals surface area contributed by atoms with Crippen LogP contribution in [-0.4, -0.2) is 15.9 Å². The van der Waals surface area contributed by atoms with Gasteiger partial charge < -0.3 is 0 Å². The van der Waals surface area contributed by atoms with Crippen LogP contribution in [0.1, 0.15) is 0 Å². The largest absolute Gasteiger partial charge is 0.282 e. The minimum atomic E-state index is -0.520. The Hall–Kier alpha value is -1.07. The van der Waals surface area contributed by atoms with E-state index in [9.17, 15) is 14.9 Å². The molecule has 0 bridgehead atoms. The first-order chi connectivity index (χ1) is 6.61. The van der Waals surface area contributed by atoms with E-state index < -0.39 is 10.2 Å². The van der Waals surface area contributed by atoms with E-state index in [-0.39, 0.29) is 11.4 Å². The lowest BCUT2D eigenvalue weighted by atomic mass is 10.3. The number of halogens is 1. The van der Waals surface area contributed by atoms with Crippen LogP contribution in [0.2, 0.25) is 0 Å². The maximum absolute atomic E-state index is 10.5. The molecule has 0 aliphatic heterocycles. The van der Waals surface area contributed by atoms with Crippen molar-refractivity contribution < 1.29 is 9.72 Å². The Balaban J connectivity index is 2.84. The number of carbonyl (C=O) groups excluding carboxylic acids is 1. The highest BCUT2D eigenvalue weighted by Gasteiger charge is 2.13. The molecule has 0 aromatic heterocycles. The summed E-state index contributed by atoms with van der Waals surface area (Å²) in [5.74, 6) is 0.0341. The third kappa shape index (κ3) is 3.01. The molecular formula is C8H6ClNO3S. The summed E-state index contributed by atoms with van der Waals surface area (Å²) in [5.41, 5.74) is -0.00424. The smallest absolute Gasteiger partial charge is 0.280 e. The molecule has 0 aliphatic carbocycles. The number of benzene rings is 1. The van der Waals surface area contributed by atoms with E-state index in [1.54, 1.807) is 18.2 Å². The minimum Gasteiger partial charge on any atom is -0.280 e. The first kappa shape index (κ1) is 11.0. The van der Waals surface area contributed by atoms with Gasteiger partial charge in [-0.15, -0.1) is 11.8 Å². The van der Waals surface area contributed by atoms with Gasteiger partial charge in [0.1, 0.15) is 0 Å². The van der Waals surface area contributed by atoms with Gasteiger partial charge in [0.05, 0.1) is 15.6 Å². The number of thioether (sulfide) groups is 1. The van der Waals surface area contributed by atoms with Crippen LogP contribution in [0.3, 0.4) is 0 Å². The quantitative estimate of drug-likeness (QED) is 0.346. The van der Waals surface area contributed by atoms with Gasteiger partial charge in [-0.25, -0.2) is 0 Å². The summed E-state index contributed by atoms with van der Waals surface area (Å²) >= 11 is 6.19. The van der Waals surface area contributed by atoms with Crippen molar-refractivity contribution in [3.8, 4) is 0 Å². The van der Waals surface area contributed by atoms with E-state index in [0.29, 0.717) is 4.90 Å². The highest BCUT2D eigenvalue weighted by molar-refractivity contribution is 8.00. The topological polar surface area (TPSA) is 60.2 Å². The number of nitro benzene ring substituents is 1. The highest BCUT2D eigenvalue weighted by atomic mass is 35.5. The standard InChI is InChI=1S/C8H6ClNO3S/c9-8(11)5-14-7-4-2-1-3-6(7)10(12)13/h1-4H,5H2. The molecule has 0 saturated heterocycles. The van der Waals surface area contributed by atoms with Crippen LogP contribution in [0.25, 0.3) is 0 Å². The first-order valence-electron chi connectivity index (χ1n) is 3.66.